The molecule has 1 aliphatic heterocycles. The first-order valence-electron chi connectivity index (χ1n) is 6.35. The summed E-state index contributed by atoms with van der Waals surface area (Å²) in [6, 6.07) is 8.50. The highest BCUT2D eigenvalue weighted by atomic mass is 16.7. The highest BCUT2D eigenvalue weighted by molar-refractivity contribution is 5.89. The normalized spacial score (nSPS) is 33.7. The molecule has 2 rings (SSSR count). The molecule has 1 saturated heterocycles. The molecule has 6 heteroatoms. The number of carbonyl (C=O) groups excluding carboxylic acids is 1. The van der Waals surface area contributed by atoms with E-state index in [9.17, 15) is 15.0 Å². The van der Waals surface area contributed by atoms with Crippen LogP contribution < -0.4 is 0 Å². The van der Waals surface area contributed by atoms with Gasteiger partial charge in [-0.1, -0.05) is 18.2 Å². The van der Waals surface area contributed by atoms with Crippen molar-refractivity contribution in [2.75, 3.05) is 7.11 Å². The number of ether oxygens (including phenoxy) is 3. The Bertz CT molecular complexity index is 448. The van der Waals surface area contributed by atoms with Gasteiger partial charge in [0.2, 0.25) is 0 Å². The van der Waals surface area contributed by atoms with Crippen molar-refractivity contribution in [3.8, 4) is 0 Å². The van der Waals surface area contributed by atoms with Crippen molar-refractivity contribution in [1.82, 2.24) is 0 Å². The Kier molecular flexibility index (Phi) is 4.72. The third-order valence-corrected chi connectivity index (χ3v) is 3.29. The van der Waals surface area contributed by atoms with Crippen LogP contribution in [0.1, 0.15) is 17.3 Å². The number of methoxy groups -OCH3 is 1. The molecule has 6 nitrogen and oxygen atoms in total. The number of hydrogen-bond donors (Lipinski definition) is 2. The largest absolute Gasteiger partial charge is 0.453 e. The molecule has 0 spiro atoms. The van der Waals surface area contributed by atoms with Crippen molar-refractivity contribution in [2.24, 2.45) is 0 Å². The fourth-order valence-electron chi connectivity index (χ4n) is 2.20. The number of rotatable bonds is 3. The SMILES string of the molecule is CO[C@@H]1[C@@H](O)[C@@H](O)O[C@H](C)[C@H]1OC(=O)c1ccccc1. The molecule has 0 unspecified atom stereocenters. The zero-order valence-corrected chi connectivity index (χ0v) is 11.3. The fourth-order valence-corrected chi connectivity index (χ4v) is 2.20. The molecule has 20 heavy (non-hydrogen) atoms. The van der Waals surface area contributed by atoms with E-state index in [1.165, 1.54) is 7.11 Å². The van der Waals surface area contributed by atoms with Gasteiger partial charge >= 0.3 is 5.97 Å². The van der Waals surface area contributed by atoms with Gasteiger partial charge in [0.05, 0.1) is 11.7 Å². The predicted molar refractivity (Wildman–Crippen MR) is 69.0 cm³/mol. The standard InChI is InChI=1S/C14H18O6/c1-8-11(12(18-2)10(15)14(17)19-8)20-13(16)9-6-4-3-5-7-9/h3-8,10-12,14-15,17H,1-2H3/t8-,10-,11-,12-,14+/m1/s1. The number of carbonyl (C=O) groups is 1. The Morgan fingerprint density at radius 2 is 1.85 bits per heavy atom. The second-order valence-corrected chi connectivity index (χ2v) is 4.66. The van der Waals surface area contributed by atoms with Crippen LogP contribution in [0.5, 0.6) is 0 Å². The lowest BCUT2D eigenvalue weighted by Crippen LogP contribution is -2.58. The van der Waals surface area contributed by atoms with Gasteiger partial charge in [0.25, 0.3) is 0 Å². The van der Waals surface area contributed by atoms with Crippen molar-refractivity contribution in [3.63, 3.8) is 0 Å². The maximum absolute atomic E-state index is 12.0. The number of benzene rings is 1. The fraction of sp³-hybridized carbons (Fsp3) is 0.500. The zero-order chi connectivity index (χ0) is 14.7. The lowest BCUT2D eigenvalue weighted by Gasteiger charge is -2.40. The van der Waals surface area contributed by atoms with Gasteiger partial charge < -0.3 is 24.4 Å². The van der Waals surface area contributed by atoms with Crippen molar-refractivity contribution in [1.29, 1.82) is 0 Å². The molecule has 0 aliphatic carbocycles. The van der Waals surface area contributed by atoms with Crippen molar-refractivity contribution in [2.45, 2.75) is 37.6 Å². The lowest BCUT2D eigenvalue weighted by molar-refractivity contribution is -0.281. The molecule has 1 aliphatic rings. The van der Waals surface area contributed by atoms with Crippen LogP contribution in [-0.2, 0) is 14.2 Å². The molecule has 1 aromatic carbocycles. The number of aliphatic hydroxyl groups excluding tert-OH is 2. The van der Waals surface area contributed by atoms with Crippen LogP contribution in [-0.4, -0.2) is 54.0 Å². The van der Waals surface area contributed by atoms with E-state index in [0.717, 1.165) is 0 Å². The molecule has 0 aromatic heterocycles. The summed E-state index contributed by atoms with van der Waals surface area (Å²) in [6.07, 6.45) is -4.87. The molecule has 1 aromatic rings. The van der Waals surface area contributed by atoms with E-state index in [0.29, 0.717) is 5.56 Å². The smallest absolute Gasteiger partial charge is 0.338 e. The molecule has 0 radical (unpaired) electrons. The number of esters is 1. The number of aliphatic hydroxyl groups is 2. The maximum atomic E-state index is 12.0. The first-order valence-corrected chi connectivity index (χ1v) is 6.35. The van der Waals surface area contributed by atoms with Crippen LogP contribution in [0.2, 0.25) is 0 Å². The zero-order valence-electron chi connectivity index (χ0n) is 11.3. The second kappa shape index (κ2) is 6.32. The highest BCUT2D eigenvalue weighted by Crippen LogP contribution is 2.25. The maximum Gasteiger partial charge on any atom is 0.338 e. The summed E-state index contributed by atoms with van der Waals surface area (Å²) < 4.78 is 15.6. The van der Waals surface area contributed by atoms with Gasteiger partial charge in [0.1, 0.15) is 12.2 Å². The van der Waals surface area contributed by atoms with E-state index in [4.69, 9.17) is 14.2 Å². The van der Waals surface area contributed by atoms with Gasteiger partial charge in [-0.05, 0) is 19.1 Å². The van der Waals surface area contributed by atoms with Gasteiger partial charge in [-0.25, -0.2) is 4.79 Å². The topological polar surface area (TPSA) is 85.2 Å². The molecule has 1 heterocycles. The summed E-state index contributed by atoms with van der Waals surface area (Å²) in [7, 11) is 1.38. The molecular formula is C14H18O6. The van der Waals surface area contributed by atoms with Crippen LogP contribution in [0.4, 0.5) is 0 Å². The second-order valence-electron chi connectivity index (χ2n) is 4.66. The summed E-state index contributed by atoms with van der Waals surface area (Å²) >= 11 is 0. The van der Waals surface area contributed by atoms with Crippen molar-refractivity contribution < 1.29 is 29.2 Å². The Morgan fingerprint density at radius 3 is 2.45 bits per heavy atom. The third-order valence-electron chi connectivity index (χ3n) is 3.29. The van der Waals surface area contributed by atoms with Crippen LogP contribution in [0.15, 0.2) is 30.3 Å². The minimum absolute atomic E-state index is 0.398. The molecule has 2 N–H and O–H groups in total. The molecule has 0 amide bonds. The van der Waals surface area contributed by atoms with Gasteiger partial charge in [-0.3, -0.25) is 0 Å². The summed E-state index contributed by atoms with van der Waals surface area (Å²) in [5.41, 5.74) is 0.398. The molecule has 5 atom stereocenters. The van der Waals surface area contributed by atoms with Crippen molar-refractivity contribution >= 4 is 5.97 Å². The van der Waals surface area contributed by atoms with E-state index in [1.54, 1.807) is 37.3 Å². The van der Waals surface area contributed by atoms with Gasteiger partial charge in [-0.15, -0.1) is 0 Å². The Morgan fingerprint density at radius 1 is 1.20 bits per heavy atom. The minimum Gasteiger partial charge on any atom is -0.453 e. The van der Waals surface area contributed by atoms with E-state index >= 15 is 0 Å². The first kappa shape index (κ1) is 14.9. The minimum atomic E-state index is -1.36. The molecule has 1 fully saturated rings. The Balaban J connectivity index is 2.12. The average molecular weight is 282 g/mol. The summed E-state index contributed by atoms with van der Waals surface area (Å²) in [6.45, 7) is 1.64. The van der Waals surface area contributed by atoms with Crippen LogP contribution in [0.3, 0.4) is 0 Å². The van der Waals surface area contributed by atoms with E-state index in [1.807, 2.05) is 0 Å². The number of hydrogen-bond acceptors (Lipinski definition) is 6. The predicted octanol–water partition coefficient (Wildman–Crippen LogP) is 0.325. The molecule has 0 saturated carbocycles. The van der Waals surface area contributed by atoms with Gasteiger partial charge in [-0.2, -0.15) is 0 Å². The van der Waals surface area contributed by atoms with E-state index < -0.39 is 36.7 Å². The van der Waals surface area contributed by atoms with Crippen LogP contribution in [0, 0.1) is 0 Å². The average Bonchev–Trinajstić information content (AvgIpc) is 2.46. The Labute approximate surface area is 116 Å². The highest BCUT2D eigenvalue weighted by Gasteiger charge is 2.45. The van der Waals surface area contributed by atoms with Gasteiger partial charge in [0.15, 0.2) is 12.4 Å². The summed E-state index contributed by atoms with van der Waals surface area (Å²) in [4.78, 5) is 12.0. The lowest BCUT2D eigenvalue weighted by atomic mass is 9.99. The quantitative estimate of drug-likeness (QED) is 0.777. The first-order chi connectivity index (χ1) is 9.54. The van der Waals surface area contributed by atoms with E-state index in [2.05, 4.69) is 0 Å². The van der Waals surface area contributed by atoms with E-state index in [-0.39, 0.29) is 0 Å². The van der Waals surface area contributed by atoms with Crippen molar-refractivity contribution in [3.05, 3.63) is 35.9 Å². The summed E-state index contributed by atoms with van der Waals surface area (Å²) in [5.74, 6) is -0.531. The summed E-state index contributed by atoms with van der Waals surface area (Å²) in [5, 5.41) is 19.3. The molecule has 0 bridgehead atoms. The van der Waals surface area contributed by atoms with Crippen LogP contribution in [0.25, 0.3) is 0 Å². The third kappa shape index (κ3) is 2.99. The van der Waals surface area contributed by atoms with Gasteiger partial charge in [0, 0.05) is 7.11 Å². The monoisotopic (exact) mass is 282 g/mol. The Hall–Kier alpha value is -1.47. The van der Waals surface area contributed by atoms with Crippen LogP contribution >= 0.6 is 0 Å². The molecule has 110 valence electrons. The molecular weight excluding hydrogens is 264 g/mol.